The number of nitrogens with zero attached hydrogens (tertiary/aromatic N) is 1. The molecule has 0 aromatic carbocycles. The van der Waals surface area contributed by atoms with Gasteiger partial charge in [-0.25, -0.2) is 4.98 Å². The summed E-state index contributed by atoms with van der Waals surface area (Å²) >= 11 is 0. The maximum atomic E-state index is 10.4. The molecule has 0 bridgehead atoms. The van der Waals surface area contributed by atoms with Gasteiger partial charge in [-0.3, -0.25) is 4.79 Å². The third kappa shape index (κ3) is 2.91. The van der Waals surface area contributed by atoms with Gasteiger partial charge in [-0.15, -0.1) is 0 Å². The van der Waals surface area contributed by atoms with E-state index in [-0.39, 0.29) is 11.5 Å². The lowest BCUT2D eigenvalue weighted by molar-refractivity contribution is -0.141. The number of anilines is 1. The number of carboxylic acids is 1. The second kappa shape index (κ2) is 4.91. The molecule has 0 aliphatic carbocycles. The highest BCUT2D eigenvalue weighted by molar-refractivity contribution is 5.67. The molecule has 0 amide bonds. The number of carbonyl (C=O) groups is 1. The van der Waals surface area contributed by atoms with Crippen molar-refractivity contribution in [3.8, 4) is 0 Å². The molecule has 2 atom stereocenters. The summed E-state index contributed by atoms with van der Waals surface area (Å²) in [7, 11) is 0. The van der Waals surface area contributed by atoms with Crippen molar-refractivity contribution in [2.75, 3.05) is 5.73 Å². The van der Waals surface area contributed by atoms with Gasteiger partial charge in [-0.2, -0.15) is 0 Å². The number of carboxylic acid groups (broad SMARTS) is 1. The fraction of sp³-hybridized carbons (Fsp3) is 0.400. The molecule has 0 aliphatic rings. The molecule has 2 unspecified atom stereocenters. The average molecular weight is 226 g/mol. The maximum Gasteiger partial charge on any atom is 0.306 e. The summed E-state index contributed by atoms with van der Waals surface area (Å²) in [6, 6.07) is 3.21. The zero-order chi connectivity index (χ0) is 12.3. The summed E-state index contributed by atoms with van der Waals surface area (Å²) < 4.78 is 0. The third-order valence-corrected chi connectivity index (χ3v) is 2.19. The Hall–Kier alpha value is -1.66. The van der Waals surface area contributed by atoms with E-state index in [1.165, 1.54) is 0 Å². The van der Waals surface area contributed by atoms with Gasteiger partial charge in [0.15, 0.2) is 0 Å². The Morgan fingerprint density at radius 3 is 2.69 bits per heavy atom. The molecule has 1 heterocycles. The standard InChI is InChI=1S/C10H14N2O4/c1-5-2-3-7(11)12-9(5)10(16)6(13)4-8(14)15/h2-3,6,10,13,16H,4H2,1H3,(H2,11,12)(H,14,15). The first-order chi connectivity index (χ1) is 7.41. The van der Waals surface area contributed by atoms with Crippen LogP contribution in [0.1, 0.15) is 23.8 Å². The van der Waals surface area contributed by atoms with Crippen LogP contribution in [0.3, 0.4) is 0 Å². The monoisotopic (exact) mass is 226 g/mol. The maximum absolute atomic E-state index is 10.4. The zero-order valence-corrected chi connectivity index (χ0v) is 8.79. The third-order valence-electron chi connectivity index (χ3n) is 2.19. The van der Waals surface area contributed by atoms with Gasteiger partial charge in [0.1, 0.15) is 11.9 Å². The van der Waals surface area contributed by atoms with E-state index in [0.29, 0.717) is 5.56 Å². The van der Waals surface area contributed by atoms with E-state index in [9.17, 15) is 15.0 Å². The minimum Gasteiger partial charge on any atom is -0.481 e. The van der Waals surface area contributed by atoms with E-state index >= 15 is 0 Å². The second-order valence-corrected chi connectivity index (χ2v) is 3.55. The van der Waals surface area contributed by atoms with E-state index in [1.54, 1.807) is 19.1 Å². The fourth-order valence-electron chi connectivity index (χ4n) is 1.33. The summed E-state index contributed by atoms with van der Waals surface area (Å²) in [5, 5.41) is 27.6. The fourth-order valence-corrected chi connectivity index (χ4v) is 1.33. The van der Waals surface area contributed by atoms with Gasteiger partial charge in [-0.05, 0) is 18.6 Å². The molecule has 1 rings (SSSR count). The Labute approximate surface area is 92.4 Å². The van der Waals surface area contributed by atoms with Crippen LogP contribution >= 0.6 is 0 Å². The van der Waals surface area contributed by atoms with E-state index in [4.69, 9.17) is 10.8 Å². The summed E-state index contributed by atoms with van der Waals surface area (Å²) in [5.41, 5.74) is 6.29. The van der Waals surface area contributed by atoms with Gasteiger partial charge in [0, 0.05) is 0 Å². The number of nitrogens with two attached hydrogens (primary N) is 1. The van der Waals surface area contributed by atoms with Crippen LogP contribution in [0.2, 0.25) is 0 Å². The first-order valence-electron chi connectivity index (χ1n) is 4.72. The molecule has 0 fully saturated rings. The van der Waals surface area contributed by atoms with E-state index in [2.05, 4.69) is 4.98 Å². The van der Waals surface area contributed by atoms with Crippen molar-refractivity contribution in [1.29, 1.82) is 0 Å². The molecule has 0 radical (unpaired) electrons. The predicted octanol–water partition coefficient (Wildman–Crippen LogP) is -0.159. The SMILES string of the molecule is Cc1ccc(N)nc1C(O)C(O)CC(=O)O. The Morgan fingerprint density at radius 2 is 2.12 bits per heavy atom. The van der Waals surface area contributed by atoms with Crippen LogP contribution < -0.4 is 5.73 Å². The number of aliphatic hydroxyl groups excluding tert-OH is 2. The number of aromatic nitrogens is 1. The van der Waals surface area contributed by atoms with Crippen LogP contribution in [0.25, 0.3) is 0 Å². The molecule has 0 saturated heterocycles. The first-order valence-corrected chi connectivity index (χ1v) is 4.72. The number of aliphatic hydroxyl groups is 2. The van der Waals surface area contributed by atoms with Crippen LogP contribution in [0.15, 0.2) is 12.1 Å². The Kier molecular flexibility index (Phi) is 3.81. The topological polar surface area (TPSA) is 117 Å². The van der Waals surface area contributed by atoms with Gasteiger partial charge in [-0.1, -0.05) is 6.07 Å². The van der Waals surface area contributed by atoms with Crippen molar-refractivity contribution in [1.82, 2.24) is 4.98 Å². The lowest BCUT2D eigenvalue weighted by Crippen LogP contribution is -2.23. The number of rotatable bonds is 4. The van der Waals surface area contributed by atoms with Crippen molar-refractivity contribution in [2.24, 2.45) is 0 Å². The summed E-state index contributed by atoms with van der Waals surface area (Å²) in [5.74, 6) is -0.977. The van der Waals surface area contributed by atoms with Gasteiger partial charge in [0.2, 0.25) is 0 Å². The van der Waals surface area contributed by atoms with Gasteiger partial charge in [0.25, 0.3) is 0 Å². The molecule has 6 nitrogen and oxygen atoms in total. The van der Waals surface area contributed by atoms with E-state index in [0.717, 1.165) is 0 Å². The molecule has 0 aliphatic heterocycles. The molecule has 1 aromatic heterocycles. The summed E-state index contributed by atoms with van der Waals surface area (Å²) in [6.45, 7) is 1.69. The Morgan fingerprint density at radius 1 is 1.50 bits per heavy atom. The first kappa shape index (κ1) is 12.4. The Bertz CT molecular complexity index is 394. The largest absolute Gasteiger partial charge is 0.481 e. The summed E-state index contributed by atoms with van der Waals surface area (Å²) in [6.07, 6.45) is -3.29. The number of pyridine rings is 1. The number of hydrogen-bond acceptors (Lipinski definition) is 5. The normalized spacial score (nSPS) is 14.4. The zero-order valence-electron chi connectivity index (χ0n) is 8.79. The van der Waals surface area contributed by atoms with Gasteiger partial charge < -0.3 is 21.1 Å². The van der Waals surface area contributed by atoms with Crippen LogP contribution in [-0.4, -0.2) is 32.4 Å². The van der Waals surface area contributed by atoms with Crippen LogP contribution in [0, 0.1) is 6.92 Å². The van der Waals surface area contributed by atoms with Crippen LogP contribution in [0.4, 0.5) is 5.82 Å². The van der Waals surface area contributed by atoms with E-state index < -0.39 is 24.6 Å². The number of aliphatic carboxylic acids is 1. The lowest BCUT2D eigenvalue weighted by atomic mass is 10.0. The molecule has 88 valence electrons. The number of hydrogen-bond donors (Lipinski definition) is 4. The Balaban J connectivity index is 2.90. The van der Waals surface area contributed by atoms with Crippen molar-refractivity contribution in [3.63, 3.8) is 0 Å². The molecule has 16 heavy (non-hydrogen) atoms. The van der Waals surface area contributed by atoms with Gasteiger partial charge >= 0.3 is 5.97 Å². The average Bonchev–Trinajstić information content (AvgIpc) is 2.19. The molecule has 5 N–H and O–H groups in total. The second-order valence-electron chi connectivity index (χ2n) is 3.55. The molecule has 0 saturated carbocycles. The predicted molar refractivity (Wildman–Crippen MR) is 56.6 cm³/mol. The minimum atomic E-state index is -1.40. The smallest absolute Gasteiger partial charge is 0.306 e. The van der Waals surface area contributed by atoms with E-state index in [1.807, 2.05) is 0 Å². The highest BCUT2D eigenvalue weighted by Crippen LogP contribution is 2.21. The minimum absolute atomic E-state index is 0.203. The molecule has 6 heteroatoms. The van der Waals surface area contributed by atoms with Crippen molar-refractivity contribution in [2.45, 2.75) is 25.6 Å². The van der Waals surface area contributed by atoms with Crippen molar-refractivity contribution < 1.29 is 20.1 Å². The van der Waals surface area contributed by atoms with Crippen LogP contribution in [0.5, 0.6) is 0 Å². The molecule has 1 aromatic rings. The highest BCUT2D eigenvalue weighted by Gasteiger charge is 2.23. The quantitative estimate of drug-likeness (QED) is 0.567. The van der Waals surface area contributed by atoms with Crippen molar-refractivity contribution in [3.05, 3.63) is 23.4 Å². The molecular weight excluding hydrogens is 212 g/mol. The number of nitrogen functional groups attached to an aromatic ring is 1. The highest BCUT2D eigenvalue weighted by atomic mass is 16.4. The summed E-state index contributed by atoms with van der Waals surface area (Å²) in [4.78, 5) is 14.3. The number of aryl methyl sites for hydroxylation is 1. The van der Waals surface area contributed by atoms with Crippen molar-refractivity contribution >= 4 is 11.8 Å². The van der Waals surface area contributed by atoms with Gasteiger partial charge in [0.05, 0.1) is 18.2 Å². The molecule has 0 spiro atoms. The lowest BCUT2D eigenvalue weighted by Gasteiger charge is -2.17. The molecular formula is C10H14N2O4. The van der Waals surface area contributed by atoms with Crippen LogP contribution in [-0.2, 0) is 4.79 Å².